The lowest BCUT2D eigenvalue weighted by Crippen LogP contribution is -2.36. The summed E-state index contributed by atoms with van der Waals surface area (Å²) in [7, 11) is 1.30. The van der Waals surface area contributed by atoms with Gasteiger partial charge in [-0.05, 0) is 31.2 Å². The van der Waals surface area contributed by atoms with Crippen LogP contribution in [0.3, 0.4) is 0 Å². The Balaban J connectivity index is 1.77. The van der Waals surface area contributed by atoms with Crippen LogP contribution in [0.2, 0.25) is 0 Å². The van der Waals surface area contributed by atoms with Gasteiger partial charge >= 0.3 is 5.97 Å². The number of benzene rings is 2. The summed E-state index contributed by atoms with van der Waals surface area (Å²) in [6.45, 7) is 4.44. The van der Waals surface area contributed by atoms with Crippen molar-refractivity contribution in [2.45, 2.75) is 13.0 Å². The van der Waals surface area contributed by atoms with Crippen LogP contribution in [0.25, 0.3) is 11.0 Å². The SMILES string of the molecule is COC(=O)c1cc(C(C)Nc2cc(F)cc(F)c2)c2nc(N3CCOCC3)cnc2c1. The van der Waals surface area contributed by atoms with E-state index in [1.54, 1.807) is 18.3 Å². The second-order valence-electron chi connectivity index (χ2n) is 7.28. The first-order valence-corrected chi connectivity index (χ1v) is 9.89. The number of fused-ring (bicyclic) bond motifs is 1. The molecule has 1 atom stereocenters. The molecule has 162 valence electrons. The Morgan fingerprint density at radius 2 is 1.87 bits per heavy atom. The van der Waals surface area contributed by atoms with Crippen LogP contribution < -0.4 is 10.2 Å². The van der Waals surface area contributed by atoms with Gasteiger partial charge in [-0.1, -0.05) is 0 Å². The molecule has 1 unspecified atom stereocenters. The highest BCUT2D eigenvalue weighted by Gasteiger charge is 2.20. The number of esters is 1. The fourth-order valence-corrected chi connectivity index (χ4v) is 3.61. The highest BCUT2D eigenvalue weighted by atomic mass is 19.1. The van der Waals surface area contributed by atoms with Crippen molar-refractivity contribution >= 4 is 28.5 Å². The molecular weight excluding hydrogens is 406 g/mol. The molecule has 1 fully saturated rings. The summed E-state index contributed by atoms with van der Waals surface area (Å²) in [5.41, 5.74) is 2.36. The van der Waals surface area contributed by atoms with Crippen molar-refractivity contribution in [1.29, 1.82) is 0 Å². The molecule has 0 aliphatic carbocycles. The third kappa shape index (κ3) is 4.56. The molecule has 1 N–H and O–H groups in total. The minimum atomic E-state index is -0.683. The Bertz CT molecular complexity index is 1100. The Hall–Kier alpha value is -3.33. The van der Waals surface area contributed by atoms with E-state index in [4.69, 9.17) is 14.5 Å². The van der Waals surface area contributed by atoms with E-state index in [1.807, 2.05) is 6.92 Å². The van der Waals surface area contributed by atoms with Crippen LogP contribution in [0.15, 0.2) is 36.5 Å². The number of nitrogens with one attached hydrogen (secondary N) is 1. The number of anilines is 2. The average Bonchev–Trinajstić information content (AvgIpc) is 2.77. The van der Waals surface area contributed by atoms with Gasteiger partial charge in [-0.25, -0.2) is 18.6 Å². The summed E-state index contributed by atoms with van der Waals surface area (Å²) >= 11 is 0. The maximum absolute atomic E-state index is 13.6. The molecule has 1 saturated heterocycles. The normalized spacial score (nSPS) is 15.0. The molecule has 3 aromatic rings. The van der Waals surface area contributed by atoms with E-state index in [1.165, 1.54) is 19.2 Å². The Labute approximate surface area is 178 Å². The van der Waals surface area contributed by atoms with E-state index >= 15 is 0 Å². The van der Waals surface area contributed by atoms with Crippen molar-refractivity contribution in [3.63, 3.8) is 0 Å². The lowest BCUT2D eigenvalue weighted by molar-refractivity contribution is 0.0600. The number of hydrogen-bond donors (Lipinski definition) is 1. The molecule has 1 aliphatic heterocycles. The van der Waals surface area contributed by atoms with Gasteiger partial charge in [0.05, 0.1) is 49.2 Å². The van der Waals surface area contributed by atoms with Crippen LogP contribution in [-0.4, -0.2) is 49.4 Å². The maximum Gasteiger partial charge on any atom is 0.337 e. The first-order valence-electron chi connectivity index (χ1n) is 9.89. The smallest absolute Gasteiger partial charge is 0.337 e. The molecule has 31 heavy (non-hydrogen) atoms. The minimum Gasteiger partial charge on any atom is -0.465 e. The fraction of sp³-hybridized carbons (Fsp3) is 0.318. The van der Waals surface area contributed by atoms with Crippen molar-refractivity contribution in [2.75, 3.05) is 43.6 Å². The van der Waals surface area contributed by atoms with Crippen molar-refractivity contribution in [2.24, 2.45) is 0 Å². The summed E-state index contributed by atoms with van der Waals surface area (Å²) in [6.07, 6.45) is 1.67. The average molecular weight is 428 g/mol. The molecule has 0 amide bonds. The number of carbonyl (C=O) groups is 1. The first kappa shape index (κ1) is 20.9. The van der Waals surface area contributed by atoms with Crippen molar-refractivity contribution in [3.8, 4) is 0 Å². The molecule has 1 aromatic heterocycles. The van der Waals surface area contributed by atoms with Crippen LogP contribution in [0.5, 0.6) is 0 Å². The number of carbonyl (C=O) groups excluding carboxylic acids is 1. The zero-order valence-electron chi connectivity index (χ0n) is 17.2. The van der Waals surface area contributed by atoms with Crippen LogP contribution in [-0.2, 0) is 9.47 Å². The summed E-state index contributed by atoms with van der Waals surface area (Å²) in [5, 5.41) is 3.08. The molecular formula is C22H22F2N4O3. The van der Waals surface area contributed by atoms with E-state index < -0.39 is 23.6 Å². The summed E-state index contributed by atoms with van der Waals surface area (Å²) in [4.78, 5) is 23.6. The number of ether oxygens (including phenoxy) is 2. The van der Waals surface area contributed by atoms with E-state index in [9.17, 15) is 13.6 Å². The topological polar surface area (TPSA) is 76.6 Å². The molecule has 9 heteroatoms. The van der Waals surface area contributed by atoms with Crippen LogP contribution in [0.4, 0.5) is 20.3 Å². The van der Waals surface area contributed by atoms with E-state index in [-0.39, 0.29) is 5.69 Å². The van der Waals surface area contributed by atoms with E-state index in [2.05, 4.69) is 15.2 Å². The van der Waals surface area contributed by atoms with E-state index in [0.717, 1.165) is 6.07 Å². The van der Waals surface area contributed by atoms with Gasteiger partial charge in [0.25, 0.3) is 0 Å². The fourth-order valence-electron chi connectivity index (χ4n) is 3.61. The molecule has 0 radical (unpaired) electrons. The van der Waals surface area contributed by atoms with Gasteiger partial charge in [0.15, 0.2) is 0 Å². The maximum atomic E-state index is 13.6. The molecule has 7 nitrogen and oxygen atoms in total. The van der Waals surface area contributed by atoms with Gasteiger partial charge in [0, 0.05) is 30.4 Å². The quantitative estimate of drug-likeness (QED) is 0.621. The molecule has 4 rings (SSSR count). The molecule has 0 saturated carbocycles. The highest BCUT2D eigenvalue weighted by Crippen LogP contribution is 2.29. The zero-order chi connectivity index (χ0) is 22.0. The number of hydrogen-bond acceptors (Lipinski definition) is 7. The van der Waals surface area contributed by atoms with Gasteiger partial charge in [0.2, 0.25) is 0 Å². The lowest BCUT2D eigenvalue weighted by Gasteiger charge is -2.28. The van der Waals surface area contributed by atoms with Crippen molar-refractivity contribution in [1.82, 2.24) is 9.97 Å². The first-order chi connectivity index (χ1) is 14.9. The minimum absolute atomic E-state index is 0.277. The Kier molecular flexibility index (Phi) is 5.94. The monoisotopic (exact) mass is 428 g/mol. The van der Waals surface area contributed by atoms with Gasteiger partial charge in [0.1, 0.15) is 17.5 Å². The highest BCUT2D eigenvalue weighted by molar-refractivity contribution is 5.95. The zero-order valence-corrected chi connectivity index (χ0v) is 17.2. The number of aromatic nitrogens is 2. The van der Waals surface area contributed by atoms with Crippen LogP contribution >= 0.6 is 0 Å². The molecule has 0 spiro atoms. The van der Waals surface area contributed by atoms with Crippen molar-refractivity contribution in [3.05, 3.63) is 59.3 Å². The predicted molar refractivity (Wildman–Crippen MR) is 112 cm³/mol. The molecule has 0 bridgehead atoms. The second kappa shape index (κ2) is 8.81. The predicted octanol–water partition coefficient (Wildman–Crippen LogP) is 3.70. The lowest BCUT2D eigenvalue weighted by atomic mass is 10.0. The number of morpholine rings is 1. The molecule has 1 aliphatic rings. The standard InChI is InChI=1S/C22H22F2N4O3/c1-13(26-17-10-15(23)9-16(24)11-17)18-7-14(22(29)30-2)8-19-21(18)27-20(12-25-19)28-3-5-31-6-4-28/h7-13,26H,3-6H2,1-2H3. The van der Waals surface area contributed by atoms with Crippen molar-refractivity contribution < 1.29 is 23.0 Å². The largest absolute Gasteiger partial charge is 0.465 e. The second-order valence-corrected chi connectivity index (χ2v) is 7.28. The van der Waals surface area contributed by atoms with Gasteiger partial charge in [-0.15, -0.1) is 0 Å². The van der Waals surface area contributed by atoms with Gasteiger partial charge < -0.3 is 19.7 Å². The molecule has 2 heterocycles. The third-order valence-corrected chi connectivity index (χ3v) is 5.13. The number of nitrogens with zero attached hydrogens (tertiary/aromatic N) is 3. The number of rotatable bonds is 5. The third-order valence-electron chi connectivity index (χ3n) is 5.13. The van der Waals surface area contributed by atoms with Crippen LogP contribution in [0.1, 0.15) is 28.9 Å². The Morgan fingerprint density at radius 3 is 2.55 bits per heavy atom. The summed E-state index contributed by atoms with van der Waals surface area (Å²) in [6, 6.07) is 6.08. The number of halogens is 2. The van der Waals surface area contributed by atoms with Crippen LogP contribution in [0, 0.1) is 11.6 Å². The Morgan fingerprint density at radius 1 is 1.16 bits per heavy atom. The number of methoxy groups -OCH3 is 1. The summed E-state index contributed by atoms with van der Waals surface area (Å²) < 4.78 is 37.5. The summed E-state index contributed by atoms with van der Waals surface area (Å²) in [5.74, 6) is -1.17. The van der Waals surface area contributed by atoms with E-state index in [0.29, 0.717) is 54.3 Å². The van der Waals surface area contributed by atoms with Gasteiger partial charge in [-0.2, -0.15) is 0 Å². The van der Waals surface area contributed by atoms with Gasteiger partial charge in [-0.3, -0.25) is 4.98 Å². The molecule has 2 aromatic carbocycles.